The van der Waals surface area contributed by atoms with Crippen LogP contribution in [0.15, 0.2) is 29.2 Å². The van der Waals surface area contributed by atoms with E-state index in [1.165, 1.54) is 29.2 Å². The number of benzene rings is 1. The maximum Gasteiger partial charge on any atom is 0.405 e. The summed E-state index contributed by atoms with van der Waals surface area (Å²) in [7, 11) is -4.02. The van der Waals surface area contributed by atoms with Crippen LogP contribution in [0.4, 0.5) is 13.2 Å². The van der Waals surface area contributed by atoms with E-state index in [0.717, 1.165) is 0 Å². The standard InChI is InChI=1S/C13H17ClF3N3O2S.ClH/c14-10-1-3-11(4-2-10)23(21,22)19-9-12(13(15,16)17)20-7-5-18-6-8-20;/h1-4,12,18-19H,5-9H2;1H. The van der Waals surface area contributed by atoms with E-state index in [1.54, 1.807) is 0 Å². The van der Waals surface area contributed by atoms with E-state index in [1.807, 2.05) is 4.72 Å². The predicted molar refractivity (Wildman–Crippen MR) is 88.2 cm³/mol. The van der Waals surface area contributed by atoms with E-state index in [9.17, 15) is 21.6 Å². The van der Waals surface area contributed by atoms with Crippen LogP contribution in [0.5, 0.6) is 0 Å². The van der Waals surface area contributed by atoms with Crippen LogP contribution in [0.2, 0.25) is 5.02 Å². The molecule has 5 nitrogen and oxygen atoms in total. The topological polar surface area (TPSA) is 61.4 Å². The van der Waals surface area contributed by atoms with Gasteiger partial charge in [-0.05, 0) is 24.3 Å². The highest BCUT2D eigenvalue weighted by molar-refractivity contribution is 7.89. The van der Waals surface area contributed by atoms with Gasteiger partial charge in [-0.15, -0.1) is 12.4 Å². The molecular formula is C13H18Cl2F3N3O2S. The van der Waals surface area contributed by atoms with Crippen molar-refractivity contribution < 1.29 is 21.6 Å². The van der Waals surface area contributed by atoms with Gasteiger partial charge < -0.3 is 5.32 Å². The number of hydrogen-bond donors (Lipinski definition) is 2. The average Bonchev–Trinajstić information content (AvgIpc) is 2.47. The van der Waals surface area contributed by atoms with Crippen LogP contribution in [0, 0.1) is 0 Å². The molecule has 0 amide bonds. The second-order valence-electron chi connectivity index (χ2n) is 5.15. The summed E-state index contributed by atoms with van der Waals surface area (Å²) in [6, 6.07) is 3.38. The molecule has 1 fully saturated rings. The molecule has 1 aliphatic heterocycles. The summed E-state index contributed by atoms with van der Waals surface area (Å²) in [5.74, 6) is 0. The van der Waals surface area contributed by atoms with Gasteiger partial charge in [0.15, 0.2) is 0 Å². The van der Waals surface area contributed by atoms with Gasteiger partial charge in [0.1, 0.15) is 6.04 Å². The fraction of sp³-hybridized carbons (Fsp3) is 0.538. The second-order valence-corrected chi connectivity index (χ2v) is 7.35. The molecule has 0 radical (unpaired) electrons. The first-order chi connectivity index (χ1) is 10.7. The lowest BCUT2D eigenvalue weighted by atomic mass is 10.2. The van der Waals surface area contributed by atoms with Crippen LogP contribution in [-0.4, -0.2) is 58.3 Å². The number of alkyl halides is 3. The fourth-order valence-electron chi connectivity index (χ4n) is 2.33. The third-order valence-electron chi connectivity index (χ3n) is 3.56. The Kier molecular flexibility index (Phi) is 7.76. The number of piperazine rings is 1. The van der Waals surface area contributed by atoms with Gasteiger partial charge in [-0.1, -0.05) is 11.6 Å². The van der Waals surface area contributed by atoms with E-state index in [0.29, 0.717) is 18.1 Å². The van der Waals surface area contributed by atoms with Crippen molar-refractivity contribution in [1.29, 1.82) is 0 Å². The summed E-state index contributed by atoms with van der Waals surface area (Å²) in [5, 5.41) is 3.31. The molecule has 11 heteroatoms. The minimum Gasteiger partial charge on any atom is -0.314 e. The molecule has 0 spiro atoms. The molecule has 1 atom stereocenters. The van der Waals surface area contributed by atoms with Crippen molar-refractivity contribution in [3.05, 3.63) is 29.3 Å². The average molecular weight is 408 g/mol. The number of hydrogen-bond acceptors (Lipinski definition) is 4. The first-order valence-electron chi connectivity index (χ1n) is 6.97. The molecule has 1 unspecified atom stereocenters. The summed E-state index contributed by atoms with van der Waals surface area (Å²) in [5.41, 5.74) is 0. The summed E-state index contributed by atoms with van der Waals surface area (Å²) in [6.07, 6.45) is -4.51. The molecule has 1 aromatic rings. The lowest BCUT2D eigenvalue weighted by Gasteiger charge is -2.35. The Labute approximate surface area is 150 Å². The van der Waals surface area contributed by atoms with Gasteiger partial charge >= 0.3 is 6.18 Å². The van der Waals surface area contributed by atoms with Crippen molar-refractivity contribution in [2.75, 3.05) is 32.7 Å². The van der Waals surface area contributed by atoms with Crippen molar-refractivity contribution >= 4 is 34.0 Å². The van der Waals surface area contributed by atoms with Crippen LogP contribution < -0.4 is 10.0 Å². The van der Waals surface area contributed by atoms with Gasteiger partial charge in [0.2, 0.25) is 10.0 Å². The largest absolute Gasteiger partial charge is 0.405 e. The number of nitrogens with one attached hydrogen (secondary N) is 2. The van der Waals surface area contributed by atoms with Crippen molar-refractivity contribution in [2.45, 2.75) is 17.1 Å². The molecule has 2 N–H and O–H groups in total. The number of sulfonamides is 1. The highest BCUT2D eigenvalue weighted by atomic mass is 35.5. The molecule has 1 aromatic carbocycles. The molecule has 24 heavy (non-hydrogen) atoms. The number of rotatable bonds is 5. The van der Waals surface area contributed by atoms with Gasteiger partial charge in [-0.25, -0.2) is 13.1 Å². The molecule has 1 heterocycles. The van der Waals surface area contributed by atoms with E-state index in [4.69, 9.17) is 11.6 Å². The highest BCUT2D eigenvalue weighted by Crippen LogP contribution is 2.25. The molecule has 1 aliphatic rings. The summed E-state index contributed by atoms with van der Waals surface area (Å²) in [4.78, 5) is 1.11. The molecule has 0 saturated carbocycles. The Morgan fingerprint density at radius 1 is 1.21 bits per heavy atom. The molecule has 138 valence electrons. The first kappa shape index (κ1) is 21.5. The maximum absolute atomic E-state index is 13.2. The van der Waals surface area contributed by atoms with Crippen molar-refractivity contribution in [3.63, 3.8) is 0 Å². The smallest absolute Gasteiger partial charge is 0.314 e. The van der Waals surface area contributed by atoms with Crippen molar-refractivity contribution in [3.8, 4) is 0 Å². The molecule has 0 aromatic heterocycles. The Morgan fingerprint density at radius 3 is 2.25 bits per heavy atom. The van der Waals surface area contributed by atoms with Crippen LogP contribution in [0.1, 0.15) is 0 Å². The SMILES string of the molecule is Cl.O=S(=O)(NCC(N1CCNCC1)C(F)(F)F)c1ccc(Cl)cc1. The lowest BCUT2D eigenvalue weighted by molar-refractivity contribution is -0.182. The zero-order valence-electron chi connectivity index (χ0n) is 12.5. The van der Waals surface area contributed by atoms with E-state index in [-0.39, 0.29) is 30.4 Å². The Bertz CT molecular complexity index is 620. The Hall–Kier alpha value is -0.580. The zero-order valence-corrected chi connectivity index (χ0v) is 14.9. The Morgan fingerprint density at radius 2 is 1.75 bits per heavy atom. The predicted octanol–water partition coefficient (Wildman–Crippen LogP) is 1.88. The van der Waals surface area contributed by atoms with E-state index >= 15 is 0 Å². The minimum atomic E-state index is -4.51. The molecule has 0 aliphatic carbocycles. The van der Waals surface area contributed by atoms with Gasteiger partial charge in [-0.2, -0.15) is 13.2 Å². The van der Waals surface area contributed by atoms with Gasteiger partial charge in [0, 0.05) is 37.7 Å². The van der Waals surface area contributed by atoms with Crippen LogP contribution >= 0.6 is 24.0 Å². The highest BCUT2D eigenvalue weighted by Gasteiger charge is 2.44. The summed E-state index contributed by atoms with van der Waals surface area (Å²) in [6.45, 7) is 0.585. The van der Waals surface area contributed by atoms with Crippen LogP contribution in [0.25, 0.3) is 0 Å². The van der Waals surface area contributed by atoms with Crippen LogP contribution in [-0.2, 0) is 10.0 Å². The third kappa shape index (κ3) is 5.75. The zero-order chi connectivity index (χ0) is 17.1. The van der Waals surface area contributed by atoms with E-state index in [2.05, 4.69) is 5.32 Å². The monoisotopic (exact) mass is 407 g/mol. The normalized spacial score (nSPS) is 18.0. The molecule has 0 bridgehead atoms. The van der Waals surface area contributed by atoms with Gasteiger partial charge in [-0.3, -0.25) is 4.90 Å². The second kappa shape index (κ2) is 8.68. The number of nitrogens with zero attached hydrogens (tertiary/aromatic N) is 1. The van der Waals surface area contributed by atoms with E-state index < -0.39 is 28.8 Å². The first-order valence-corrected chi connectivity index (χ1v) is 8.83. The van der Waals surface area contributed by atoms with Crippen molar-refractivity contribution in [1.82, 2.24) is 14.9 Å². The quantitative estimate of drug-likeness (QED) is 0.781. The molecule has 1 saturated heterocycles. The lowest BCUT2D eigenvalue weighted by Crippen LogP contribution is -2.57. The van der Waals surface area contributed by atoms with Crippen LogP contribution in [0.3, 0.4) is 0 Å². The molecule has 2 rings (SSSR count). The van der Waals surface area contributed by atoms with Crippen molar-refractivity contribution in [2.24, 2.45) is 0 Å². The number of halogens is 5. The third-order valence-corrected chi connectivity index (χ3v) is 5.25. The summed E-state index contributed by atoms with van der Waals surface area (Å²) >= 11 is 5.67. The minimum absolute atomic E-state index is 0. The van der Waals surface area contributed by atoms with Gasteiger partial charge in [0.05, 0.1) is 4.90 Å². The Balaban J connectivity index is 0.00000288. The fourth-order valence-corrected chi connectivity index (χ4v) is 3.50. The van der Waals surface area contributed by atoms with Gasteiger partial charge in [0.25, 0.3) is 0 Å². The summed E-state index contributed by atoms with van der Waals surface area (Å²) < 4.78 is 65.9. The molecular weight excluding hydrogens is 390 g/mol. The maximum atomic E-state index is 13.2.